The third-order valence-electron chi connectivity index (χ3n) is 2.64. The summed E-state index contributed by atoms with van der Waals surface area (Å²) < 4.78 is 1.86. The lowest BCUT2D eigenvalue weighted by Gasteiger charge is -2.02. The Morgan fingerprint density at radius 3 is 2.83 bits per heavy atom. The van der Waals surface area contributed by atoms with Crippen LogP contribution in [0.15, 0.2) is 30.5 Å². The van der Waals surface area contributed by atoms with Crippen LogP contribution in [0.1, 0.15) is 12.1 Å². The maximum atomic E-state index is 10.5. The molecule has 0 spiro atoms. The van der Waals surface area contributed by atoms with Crippen molar-refractivity contribution in [3.63, 3.8) is 0 Å². The monoisotopic (exact) mass is 264 g/mol. The average Bonchev–Trinajstić information content (AvgIpc) is 2.69. The SMILES string of the molecule is Cn1cc(CCC(=O)O)nc1-c1ccccc1Cl. The highest BCUT2D eigenvalue weighted by Crippen LogP contribution is 2.26. The fraction of sp³-hybridized carbons (Fsp3) is 0.231. The number of benzene rings is 1. The summed E-state index contributed by atoms with van der Waals surface area (Å²) in [4.78, 5) is 15.0. The molecule has 1 N–H and O–H groups in total. The van der Waals surface area contributed by atoms with Crippen molar-refractivity contribution in [2.45, 2.75) is 12.8 Å². The molecule has 0 unspecified atom stereocenters. The number of aryl methyl sites for hydroxylation is 2. The minimum Gasteiger partial charge on any atom is -0.481 e. The molecule has 1 aromatic heterocycles. The predicted octanol–water partition coefficient (Wildman–Crippen LogP) is 2.76. The van der Waals surface area contributed by atoms with Crippen LogP contribution in [0.5, 0.6) is 0 Å². The summed E-state index contributed by atoms with van der Waals surface area (Å²) in [5.74, 6) is -0.0686. The molecular weight excluding hydrogens is 252 g/mol. The summed E-state index contributed by atoms with van der Waals surface area (Å²) in [6.45, 7) is 0. The van der Waals surface area contributed by atoms with Gasteiger partial charge in [0.25, 0.3) is 0 Å². The van der Waals surface area contributed by atoms with E-state index in [0.717, 1.165) is 17.1 Å². The highest BCUT2D eigenvalue weighted by molar-refractivity contribution is 6.33. The molecule has 18 heavy (non-hydrogen) atoms. The Morgan fingerprint density at radius 1 is 1.44 bits per heavy atom. The normalized spacial score (nSPS) is 10.6. The number of nitrogens with zero attached hydrogens (tertiary/aromatic N) is 2. The van der Waals surface area contributed by atoms with Crippen molar-refractivity contribution in [3.8, 4) is 11.4 Å². The van der Waals surface area contributed by atoms with E-state index in [4.69, 9.17) is 16.7 Å². The van der Waals surface area contributed by atoms with Crippen molar-refractivity contribution in [2.24, 2.45) is 7.05 Å². The van der Waals surface area contributed by atoms with Gasteiger partial charge < -0.3 is 9.67 Å². The Morgan fingerprint density at radius 2 is 2.17 bits per heavy atom. The molecule has 0 bridgehead atoms. The molecule has 0 saturated carbocycles. The molecule has 5 heteroatoms. The van der Waals surface area contributed by atoms with Crippen LogP contribution in [0.25, 0.3) is 11.4 Å². The van der Waals surface area contributed by atoms with Gasteiger partial charge in [-0.05, 0) is 12.1 Å². The Labute approximate surface area is 110 Å². The molecule has 0 saturated heterocycles. The molecule has 0 amide bonds. The van der Waals surface area contributed by atoms with E-state index in [2.05, 4.69) is 4.98 Å². The fourth-order valence-corrected chi connectivity index (χ4v) is 2.00. The van der Waals surface area contributed by atoms with E-state index < -0.39 is 5.97 Å². The predicted molar refractivity (Wildman–Crippen MR) is 69.6 cm³/mol. The highest BCUT2D eigenvalue weighted by atomic mass is 35.5. The van der Waals surface area contributed by atoms with Crippen LogP contribution in [-0.4, -0.2) is 20.6 Å². The molecule has 0 atom stereocenters. The highest BCUT2D eigenvalue weighted by Gasteiger charge is 2.11. The van der Waals surface area contributed by atoms with Crippen LogP contribution in [0, 0.1) is 0 Å². The van der Waals surface area contributed by atoms with Crippen molar-refractivity contribution in [1.82, 2.24) is 9.55 Å². The molecule has 2 aromatic rings. The zero-order chi connectivity index (χ0) is 13.1. The minimum atomic E-state index is -0.819. The quantitative estimate of drug-likeness (QED) is 0.924. The van der Waals surface area contributed by atoms with Crippen molar-refractivity contribution in [2.75, 3.05) is 0 Å². The molecule has 0 aliphatic rings. The van der Waals surface area contributed by atoms with E-state index in [9.17, 15) is 4.79 Å². The molecule has 4 nitrogen and oxygen atoms in total. The van der Waals surface area contributed by atoms with E-state index >= 15 is 0 Å². The van der Waals surface area contributed by atoms with Crippen molar-refractivity contribution in [1.29, 1.82) is 0 Å². The zero-order valence-corrected chi connectivity index (χ0v) is 10.7. The second kappa shape index (κ2) is 5.23. The molecule has 94 valence electrons. The first kappa shape index (κ1) is 12.6. The van der Waals surface area contributed by atoms with Crippen LogP contribution < -0.4 is 0 Å². The molecular formula is C13H13ClN2O2. The number of imidazole rings is 1. The molecule has 1 aromatic carbocycles. The fourth-order valence-electron chi connectivity index (χ4n) is 1.78. The maximum absolute atomic E-state index is 10.5. The van der Waals surface area contributed by atoms with Gasteiger partial charge in [-0.1, -0.05) is 23.7 Å². The Balaban J connectivity index is 2.30. The van der Waals surface area contributed by atoms with Crippen molar-refractivity contribution in [3.05, 3.63) is 41.2 Å². The Bertz CT molecular complexity index is 578. The van der Waals surface area contributed by atoms with Crippen LogP contribution in [0.3, 0.4) is 0 Å². The molecule has 2 rings (SSSR count). The smallest absolute Gasteiger partial charge is 0.303 e. The van der Waals surface area contributed by atoms with Gasteiger partial charge in [0.15, 0.2) is 0 Å². The van der Waals surface area contributed by atoms with E-state index in [0.29, 0.717) is 11.4 Å². The van der Waals surface area contributed by atoms with Gasteiger partial charge in [-0.15, -0.1) is 0 Å². The van der Waals surface area contributed by atoms with Crippen LogP contribution in [0.2, 0.25) is 5.02 Å². The van der Waals surface area contributed by atoms with Gasteiger partial charge in [0.05, 0.1) is 17.1 Å². The topological polar surface area (TPSA) is 55.1 Å². The van der Waals surface area contributed by atoms with E-state index in [1.807, 2.05) is 42.1 Å². The maximum Gasteiger partial charge on any atom is 0.303 e. The van der Waals surface area contributed by atoms with E-state index in [-0.39, 0.29) is 6.42 Å². The number of hydrogen-bond donors (Lipinski definition) is 1. The molecule has 1 heterocycles. The van der Waals surface area contributed by atoms with Gasteiger partial charge in [0.1, 0.15) is 5.82 Å². The lowest BCUT2D eigenvalue weighted by atomic mass is 10.2. The van der Waals surface area contributed by atoms with E-state index in [1.54, 1.807) is 0 Å². The number of aromatic nitrogens is 2. The summed E-state index contributed by atoms with van der Waals surface area (Å²) in [6, 6.07) is 7.46. The number of aliphatic carboxylic acids is 1. The van der Waals surface area contributed by atoms with Crippen LogP contribution >= 0.6 is 11.6 Å². The van der Waals surface area contributed by atoms with Gasteiger partial charge in [-0.3, -0.25) is 4.79 Å². The van der Waals surface area contributed by atoms with Gasteiger partial charge >= 0.3 is 5.97 Å². The van der Waals surface area contributed by atoms with Gasteiger partial charge in [0.2, 0.25) is 0 Å². The second-order valence-corrected chi connectivity index (χ2v) is 4.45. The average molecular weight is 265 g/mol. The van der Waals surface area contributed by atoms with Crippen LogP contribution in [-0.2, 0) is 18.3 Å². The third-order valence-corrected chi connectivity index (χ3v) is 2.97. The summed E-state index contributed by atoms with van der Waals surface area (Å²) in [6.07, 6.45) is 2.34. The largest absolute Gasteiger partial charge is 0.481 e. The molecule has 0 radical (unpaired) electrons. The summed E-state index contributed by atoms with van der Waals surface area (Å²) in [5, 5.41) is 9.29. The number of carboxylic acids is 1. The van der Waals surface area contributed by atoms with Gasteiger partial charge in [-0.2, -0.15) is 0 Å². The third kappa shape index (κ3) is 2.71. The van der Waals surface area contributed by atoms with Gasteiger partial charge in [-0.25, -0.2) is 4.98 Å². The van der Waals surface area contributed by atoms with Crippen molar-refractivity contribution >= 4 is 17.6 Å². The van der Waals surface area contributed by atoms with Crippen LogP contribution in [0.4, 0.5) is 0 Å². The molecule has 0 fully saturated rings. The van der Waals surface area contributed by atoms with Crippen molar-refractivity contribution < 1.29 is 9.90 Å². The first-order valence-electron chi connectivity index (χ1n) is 5.57. The Kier molecular flexibility index (Phi) is 3.67. The summed E-state index contributed by atoms with van der Waals surface area (Å²) >= 11 is 6.12. The number of carboxylic acid groups (broad SMARTS) is 1. The summed E-state index contributed by atoms with van der Waals surface area (Å²) in [5.41, 5.74) is 1.61. The Hall–Kier alpha value is -1.81. The summed E-state index contributed by atoms with van der Waals surface area (Å²) in [7, 11) is 1.87. The molecule has 0 aliphatic carbocycles. The minimum absolute atomic E-state index is 0.0823. The number of halogens is 1. The number of hydrogen-bond acceptors (Lipinski definition) is 2. The first-order valence-corrected chi connectivity index (χ1v) is 5.94. The second-order valence-electron chi connectivity index (χ2n) is 4.04. The molecule has 0 aliphatic heterocycles. The lowest BCUT2D eigenvalue weighted by molar-refractivity contribution is -0.136. The van der Waals surface area contributed by atoms with E-state index in [1.165, 1.54) is 0 Å². The standard InChI is InChI=1S/C13H13ClN2O2/c1-16-8-9(6-7-12(17)18)15-13(16)10-4-2-3-5-11(10)14/h2-5,8H,6-7H2,1H3,(H,17,18). The number of rotatable bonds is 4. The van der Waals surface area contributed by atoms with Gasteiger partial charge in [0, 0.05) is 25.2 Å². The number of carbonyl (C=O) groups is 1. The first-order chi connectivity index (χ1) is 8.58. The lowest BCUT2D eigenvalue weighted by Crippen LogP contribution is -1.97. The zero-order valence-electron chi connectivity index (χ0n) is 9.93.